The molecule has 1 aromatic heterocycles. The van der Waals surface area contributed by atoms with E-state index in [1.807, 2.05) is 6.92 Å². The molecule has 28 heavy (non-hydrogen) atoms. The van der Waals surface area contributed by atoms with Gasteiger partial charge in [0, 0.05) is 26.5 Å². The fourth-order valence-corrected chi connectivity index (χ4v) is 2.63. The van der Waals surface area contributed by atoms with Gasteiger partial charge in [-0.1, -0.05) is 0 Å². The maximum atomic E-state index is 12.0. The Morgan fingerprint density at radius 2 is 2.11 bits per heavy atom. The van der Waals surface area contributed by atoms with E-state index < -0.39 is 0 Å². The summed E-state index contributed by atoms with van der Waals surface area (Å²) >= 11 is 3.43. The van der Waals surface area contributed by atoms with Crippen molar-refractivity contribution < 1.29 is 19.1 Å². The number of pyridine rings is 1. The molecule has 9 heteroatoms. The van der Waals surface area contributed by atoms with Gasteiger partial charge in [0.2, 0.25) is 0 Å². The summed E-state index contributed by atoms with van der Waals surface area (Å²) in [6.45, 7) is 2.15. The van der Waals surface area contributed by atoms with Gasteiger partial charge < -0.3 is 14.4 Å². The number of amides is 2. The van der Waals surface area contributed by atoms with E-state index in [0.29, 0.717) is 33.7 Å². The first-order chi connectivity index (χ1) is 13.4. The minimum absolute atomic E-state index is 0.111. The van der Waals surface area contributed by atoms with Gasteiger partial charge in [-0.3, -0.25) is 14.6 Å². The normalized spacial score (nSPS) is 10.6. The molecule has 0 unspecified atom stereocenters. The molecule has 2 aromatic rings. The lowest BCUT2D eigenvalue weighted by molar-refractivity contribution is -0.130. The Balaban J connectivity index is 2.12. The zero-order valence-electron chi connectivity index (χ0n) is 15.8. The second kappa shape index (κ2) is 10.4. The van der Waals surface area contributed by atoms with E-state index in [0.717, 1.165) is 0 Å². The molecule has 0 aliphatic rings. The van der Waals surface area contributed by atoms with E-state index in [1.165, 1.54) is 17.3 Å². The summed E-state index contributed by atoms with van der Waals surface area (Å²) in [6.07, 6.45) is 4.52. The largest absolute Gasteiger partial charge is 0.490 e. The Labute approximate surface area is 171 Å². The Morgan fingerprint density at radius 1 is 1.32 bits per heavy atom. The Kier molecular flexibility index (Phi) is 7.94. The van der Waals surface area contributed by atoms with Crippen LogP contribution in [-0.2, 0) is 4.79 Å². The summed E-state index contributed by atoms with van der Waals surface area (Å²) in [5, 5.41) is 3.96. The van der Waals surface area contributed by atoms with E-state index >= 15 is 0 Å². The van der Waals surface area contributed by atoms with E-state index in [4.69, 9.17) is 9.47 Å². The van der Waals surface area contributed by atoms with Crippen LogP contribution >= 0.6 is 15.9 Å². The first-order valence-corrected chi connectivity index (χ1v) is 9.24. The SMILES string of the molecule is CCOc1cc(/C=N/NC(=O)c2cccnc2)cc(Br)c1OCC(=O)N(C)C. The monoisotopic (exact) mass is 448 g/mol. The molecule has 0 saturated heterocycles. The van der Waals surface area contributed by atoms with Gasteiger partial charge >= 0.3 is 0 Å². The van der Waals surface area contributed by atoms with Crippen LogP contribution in [0.5, 0.6) is 11.5 Å². The van der Waals surface area contributed by atoms with Crippen molar-refractivity contribution in [2.45, 2.75) is 6.92 Å². The van der Waals surface area contributed by atoms with Gasteiger partial charge in [-0.25, -0.2) is 5.43 Å². The van der Waals surface area contributed by atoms with Gasteiger partial charge in [0.25, 0.3) is 11.8 Å². The number of hydrogen-bond acceptors (Lipinski definition) is 6. The third-order valence-electron chi connectivity index (χ3n) is 3.47. The third-order valence-corrected chi connectivity index (χ3v) is 4.06. The smallest absolute Gasteiger partial charge is 0.272 e. The average molecular weight is 449 g/mol. The van der Waals surface area contributed by atoms with Crippen LogP contribution < -0.4 is 14.9 Å². The fourth-order valence-electron chi connectivity index (χ4n) is 2.06. The molecule has 8 nitrogen and oxygen atoms in total. The molecule has 0 bridgehead atoms. The number of benzene rings is 1. The molecule has 2 amide bonds. The van der Waals surface area contributed by atoms with E-state index in [2.05, 4.69) is 31.4 Å². The maximum absolute atomic E-state index is 12.0. The highest BCUT2D eigenvalue weighted by molar-refractivity contribution is 9.10. The highest BCUT2D eigenvalue weighted by Crippen LogP contribution is 2.36. The van der Waals surface area contributed by atoms with Crippen LogP contribution in [0, 0.1) is 0 Å². The molecule has 2 rings (SSSR count). The number of halogens is 1. The maximum Gasteiger partial charge on any atom is 0.272 e. The molecule has 0 spiro atoms. The Bertz CT molecular complexity index is 857. The Morgan fingerprint density at radius 3 is 2.75 bits per heavy atom. The number of nitrogens with one attached hydrogen (secondary N) is 1. The number of hydrogen-bond donors (Lipinski definition) is 1. The molecule has 0 atom stereocenters. The number of ether oxygens (including phenoxy) is 2. The highest BCUT2D eigenvalue weighted by atomic mass is 79.9. The van der Waals surface area contributed by atoms with Crippen LogP contribution in [0.1, 0.15) is 22.8 Å². The lowest BCUT2D eigenvalue weighted by atomic mass is 10.2. The number of nitrogens with zero attached hydrogens (tertiary/aromatic N) is 3. The molecular weight excluding hydrogens is 428 g/mol. The van der Waals surface area contributed by atoms with Gasteiger partial charge in [0.05, 0.1) is 22.9 Å². The predicted molar refractivity (Wildman–Crippen MR) is 109 cm³/mol. The number of rotatable bonds is 8. The van der Waals surface area contributed by atoms with Gasteiger partial charge in [0.15, 0.2) is 18.1 Å². The topological polar surface area (TPSA) is 93.1 Å². The van der Waals surface area contributed by atoms with E-state index in [9.17, 15) is 9.59 Å². The van der Waals surface area contributed by atoms with Crippen LogP contribution in [0.2, 0.25) is 0 Å². The van der Waals surface area contributed by atoms with E-state index in [-0.39, 0.29) is 18.4 Å². The zero-order valence-corrected chi connectivity index (χ0v) is 17.4. The van der Waals surface area contributed by atoms with E-state index in [1.54, 1.807) is 44.6 Å². The van der Waals surface area contributed by atoms with Gasteiger partial charge in [0.1, 0.15) is 0 Å². The molecule has 1 N–H and O–H groups in total. The minimum Gasteiger partial charge on any atom is -0.490 e. The van der Waals surface area contributed by atoms with Crippen LogP contribution in [0.25, 0.3) is 0 Å². The molecule has 1 aromatic carbocycles. The first kappa shape index (κ1) is 21.4. The summed E-state index contributed by atoms with van der Waals surface area (Å²) in [5.74, 6) is 0.353. The van der Waals surface area contributed by atoms with Crippen molar-refractivity contribution in [3.8, 4) is 11.5 Å². The second-order valence-corrected chi connectivity index (χ2v) is 6.64. The quantitative estimate of drug-likeness (QED) is 0.494. The summed E-state index contributed by atoms with van der Waals surface area (Å²) < 4.78 is 11.8. The molecule has 0 aliphatic carbocycles. The Hall–Kier alpha value is -2.94. The fraction of sp³-hybridized carbons (Fsp3) is 0.263. The van der Waals surface area contributed by atoms with Gasteiger partial charge in [-0.05, 0) is 52.7 Å². The highest BCUT2D eigenvalue weighted by Gasteiger charge is 2.14. The van der Waals surface area contributed by atoms with Crippen molar-refractivity contribution in [2.24, 2.45) is 5.10 Å². The molecule has 0 aliphatic heterocycles. The summed E-state index contributed by atoms with van der Waals surface area (Å²) in [6, 6.07) is 6.77. The van der Waals surface area contributed by atoms with Crippen LogP contribution in [0.15, 0.2) is 46.2 Å². The number of aromatic nitrogens is 1. The number of carbonyl (C=O) groups is 2. The average Bonchev–Trinajstić information content (AvgIpc) is 2.68. The molecule has 1 heterocycles. The summed E-state index contributed by atoms with van der Waals surface area (Å²) in [4.78, 5) is 29.1. The van der Waals surface area contributed by atoms with Crippen molar-refractivity contribution in [1.82, 2.24) is 15.3 Å². The van der Waals surface area contributed by atoms with Crippen molar-refractivity contribution in [1.29, 1.82) is 0 Å². The van der Waals surface area contributed by atoms with Crippen LogP contribution in [-0.4, -0.2) is 55.2 Å². The molecular formula is C19H21BrN4O4. The molecule has 0 saturated carbocycles. The van der Waals surface area contributed by atoms with Crippen molar-refractivity contribution in [3.63, 3.8) is 0 Å². The summed E-state index contributed by atoms with van der Waals surface area (Å²) in [7, 11) is 3.31. The number of carbonyl (C=O) groups excluding carboxylic acids is 2. The zero-order chi connectivity index (χ0) is 20.5. The van der Waals surface area contributed by atoms with Gasteiger partial charge in [-0.15, -0.1) is 0 Å². The van der Waals surface area contributed by atoms with Crippen molar-refractivity contribution in [3.05, 3.63) is 52.3 Å². The third kappa shape index (κ3) is 6.05. The first-order valence-electron chi connectivity index (χ1n) is 8.45. The number of hydrazone groups is 1. The predicted octanol–water partition coefficient (Wildman–Crippen LogP) is 2.47. The lowest BCUT2D eigenvalue weighted by Gasteiger charge is -2.16. The molecule has 0 radical (unpaired) electrons. The second-order valence-electron chi connectivity index (χ2n) is 5.78. The molecule has 148 valence electrons. The van der Waals surface area contributed by atoms with Gasteiger partial charge in [-0.2, -0.15) is 5.10 Å². The molecule has 0 fully saturated rings. The number of likely N-dealkylation sites (N-methyl/N-ethyl adjacent to an activating group) is 1. The van der Waals surface area contributed by atoms with Crippen molar-refractivity contribution >= 4 is 34.0 Å². The minimum atomic E-state index is -0.365. The lowest BCUT2D eigenvalue weighted by Crippen LogP contribution is -2.27. The standard InChI is InChI=1S/C19H21BrN4O4/c1-4-27-16-9-13(8-15(20)18(16)28-12-17(25)24(2)3)10-22-23-19(26)14-6-5-7-21-11-14/h5-11H,4,12H2,1-3H3,(H,23,26)/b22-10+. The van der Waals surface area contributed by atoms with Crippen LogP contribution in [0.4, 0.5) is 0 Å². The summed E-state index contributed by atoms with van der Waals surface area (Å²) in [5.41, 5.74) is 3.52. The van der Waals surface area contributed by atoms with Crippen molar-refractivity contribution in [2.75, 3.05) is 27.3 Å². The van der Waals surface area contributed by atoms with Crippen LogP contribution in [0.3, 0.4) is 0 Å².